The highest BCUT2D eigenvalue weighted by molar-refractivity contribution is 5.92. The van der Waals surface area contributed by atoms with Gasteiger partial charge < -0.3 is 15.1 Å². The molecule has 3 aromatic rings. The Kier molecular flexibility index (Phi) is 5.46. The maximum absolute atomic E-state index is 12.4. The third kappa shape index (κ3) is 4.08. The fourth-order valence-electron chi connectivity index (χ4n) is 3.79. The predicted octanol–water partition coefficient (Wildman–Crippen LogP) is 2.38. The second-order valence-corrected chi connectivity index (χ2v) is 7.27. The van der Waals surface area contributed by atoms with Crippen molar-refractivity contribution in [2.45, 2.75) is 13.5 Å². The van der Waals surface area contributed by atoms with Gasteiger partial charge in [0.05, 0.1) is 0 Å². The Bertz CT molecular complexity index is 990. The van der Waals surface area contributed by atoms with Crippen LogP contribution < -0.4 is 15.1 Å². The molecule has 0 bridgehead atoms. The number of rotatable bonds is 5. The molecule has 29 heavy (non-hydrogen) atoms. The zero-order chi connectivity index (χ0) is 20.2. The first-order valence-corrected chi connectivity index (χ1v) is 9.89. The number of aromatic nitrogens is 3. The second kappa shape index (κ2) is 8.34. The van der Waals surface area contributed by atoms with E-state index in [0.29, 0.717) is 12.2 Å². The average Bonchev–Trinajstić information content (AvgIpc) is 3.19. The van der Waals surface area contributed by atoms with Crippen LogP contribution in [0.15, 0.2) is 54.9 Å². The van der Waals surface area contributed by atoms with E-state index < -0.39 is 0 Å². The number of pyridine rings is 1. The molecular formula is C22H26N6O. The molecule has 1 aromatic carbocycles. The minimum atomic E-state index is -0.135. The van der Waals surface area contributed by atoms with Crippen LogP contribution in [0, 0.1) is 6.92 Å². The molecule has 1 amide bonds. The van der Waals surface area contributed by atoms with Gasteiger partial charge in [-0.25, -0.2) is 4.98 Å². The Morgan fingerprint density at radius 1 is 1.00 bits per heavy atom. The molecule has 1 aliphatic rings. The van der Waals surface area contributed by atoms with E-state index in [-0.39, 0.29) is 5.91 Å². The van der Waals surface area contributed by atoms with Gasteiger partial charge in [0.25, 0.3) is 5.91 Å². The molecular weight excluding hydrogens is 364 g/mol. The molecule has 7 heteroatoms. The van der Waals surface area contributed by atoms with Crippen LogP contribution in [0.4, 0.5) is 11.5 Å². The molecule has 0 saturated carbocycles. The average molecular weight is 390 g/mol. The number of hydrogen-bond acceptors (Lipinski definition) is 5. The molecule has 1 N–H and O–H groups in total. The maximum Gasteiger partial charge on any atom is 0.269 e. The Balaban J connectivity index is 1.42. The van der Waals surface area contributed by atoms with Crippen LogP contribution in [0.3, 0.4) is 0 Å². The standard InChI is InChI=1S/C22H26N6O/c1-17-6-3-4-8-19(17)27-12-14-28(15-13-27)21-18(7-5-10-23-21)16-24-22(29)20-9-11-25-26(20)2/h3-11H,12-16H2,1-2H3,(H,24,29). The van der Waals surface area contributed by atoms with Gasteiger partial charge in [-0.05, 0) is 30.7 Å². The summed E-state index contributed by atoms with van der Waals surface area (Å²) in [5.41, 5.74) is 4.17. The monoisotopic (exact) mass is 390 g/mol. The van der Waals surface area contributed by atoms with Crippen molar-refractivity contribution in [3.8, 4) is 0 Å². The Morgan fingerprint density at radius 3 is 2.48 bits per heavy atom. The van der Waals surface area contributed by atoms with E-state index in [0.717, 1.165) is 37.6 Å². The van der Waals surface area contributed by atoms with Gasteiger partial charge in [-0.2, -0.15) is 5.10 Å². The van der Waals surface area contributed by atoms with E-state index in [9.17, 15) is 4.79 Å². The molecule has 0 atom stereocenters. The summed E-state index contributed by atoms with van der Waals surface area (Å²) in [4.78, 5) is 21.8. The lowest BCUT2D eigenvalue weighted by Gasteiger charge is -2.38. The van der Waals surface area contributed by atoms with Crippen molar-refractivity contribution in [1.29, 1.82) is 0 Å². The summed E-state index contributed by atoms with van der Waals surface area (Å²) in [6, 6.07) is 14.2. The van der Waals surface area contributed by atoms with Crippen molar-refractivity contribution >= 4 is 17.4 Å². The summed E-state index contributed by atoms with van der Waals surface area (Å²) >= 11 is 0. The molecule has 0 radical (unpaired) electrons. The van der Waals surface area contributed by atoms with E-state index in [4.69, 9.17) is 0 Å². The van der Waals surface area contributed by atoms with Crippen molar-refractivity contribution in [2.75, 3.05) is 36.0 Å². The lowest BCUT2D eigenvalue weighted by molar-refractivity contribution is 0.0941. The molecule has 0 spiro atoms. The van der Waals surface area contributed by atoms with E-state index in [2.05, 4.69) is 56.4 Å². The van der Waals surface area contributed by atoms with Crippen molar-refractivity contribution in [2.24, 2.45) is 7.05 Å². The maximum atomic E-state index is 12.4. The predicted molar refractivity (Wildman–Crippen MR) is 114 cm³/mol. The normalized spacial score (nSPS) is 14.1. The molecule has 0 unspecified atom stereocenters. The van der Waals surface area contributed by atoms with Crippen molar-refractivity contribution in [1.82, 2.24) is 20.1 Å². The van der Waals surface area contributed by atoms with Crippen molar-refractivity contribution < 1.29 is 4.79 Å². The van der Waals surface area contributed by atoms with E-state index in [1.807, 2.05) is 18.3 Å². The summed E-state index contributed by atoms with van der Waals surface area (Å²) in [5, 5.41) is 7.04. The Labute approximate surface area is 171 Å². The number of benzene rings is 1. The number of anilines is 2. The first-order chi connectivity index (χ1) is 14.1. The highest BCUT2D eigenvalue weighted by Gasteiger charge is 2.21. The van der Waals surface area contributed by atoms with E-state index >= 15 is 0 Å². The zero-order valence-electron chi connectivity index (χ0n) is 16.9. The zero-order valence-corrected chi connectivity index (χ0v) is 16.9. The second-order valence-electron chi connectivity index (χ2n) is 7.27. The highest BCUT2D eigenvalue weighted by Crippen LogP contribution is 2.24. The van der Waals surface area contributed by atoms with E-state index in [1.165, 1.54) is 11.3 Å². The van der Waals surface area contributed by atoms with Crippen molar-refractivity contribution in [3.05, 3.63) is 71.7 Å². The molecule has 0 aliphatic carbocycles. The number of carbonyl (C=O) groups excluding carboxylic acids is 1. The van der Waals surface area contributed by atoms with Crippen LogP contribution in [0.2, 0.25) is 0 Å². The summed E-state index contributed by atoms with van der Waals surface area (Å²) in [6.45, 7) is 6.28. The number of carbonyl (C=O) groups is 1. The quantitative estimate of drug-likeness (QED) is 0.725. The molecule has 3 heterocycles. The van der Waals surface area contributed by atoms with Crippen LogP contribution in [-0.4, -0.2) is 46.9 Å². The van der Waals surface area contributed by atoms with Crippen LogP contribution in [0.25, 0.3) is 0 Å². The van der Waals surface area contributed by atoms with Gasteiger partial charge in [0, 0.05) is 63.4 Å². The SMILES string of the molecule is Cc1ccccc1N1CCN(c2ncccc2CNC(=O)c2ccnn2C)CC1. The molecule has 150 valence electrons. The van der Waals surface area contributed by atoms with E-state index in [1.54, 1.807) is 24.0 Å². The van der Waals surface area contributed by atoms with Gasteiger partial charge in [-0.3, -0.25) is 9.48 Å². The number of para-hydroxylation sites is 1. The molecule has 7 nitrogen and oxygen atoms in total. The smallest absolute Gasteiger partial charge is 0.269 e. The van der Waals surface area contributed by atoms with Crippen LogP contribution in [-0.2, 0) is 13.6 Å². The van der Waals surface area contributed by atoms with Gasteiger partial charge in [0.2, 0.25) is 0 Å². The van der Waals surface area contributed by atoms with Gasteiger partial charge in [0.1, 0.15) is 11.5 Å². The summed E-state index contributed by atoms with van der Waals surface area (Å²) in [6.07, 6.45) is 3.44. The van der Waals surface area contributed by atoms with Crippen LogP contribution >= 0.6 is 0 Å². The van der Waals surface area contributed by atoms with Crippen LogP contribution in [0.1, 0.15) is 21.6 Å². The highest BCUT2D eigenvalue weighted by atomic mass is 16.2. The Hall–Kier alpha value is -3.35. The minimum Gasteiger partial charge on any atom is -0.368 e. The number of nitrogens with one attached hydrogen (secondary N) is 1. The largest absolute Gasteiger partial charge is 0.368 e. The first kappa shape index (κ1) is 19.0. The molecule has 2 aromatic heterocycles. The third-order valence-electron chi connectivity index (χ3n) is 5.40. The molecule has 1 aliphatic heterocycles. The topological polar surface area (TPSA) is 66.3 Å². The van der Waals surface area contributed by atoms with Gasteiger partial charge in [-0.1, -0.05) is 24.3 Å². The first-order valence-electron chi connectivity index (χ1n) is 9.89. The van der Waals surface area contributed by atoms with Crippen molar-refractivity contribution in [3.63, 3.8) is 0 Å². The van der Waals surface area contributed by atoms with Crippen LogP contribution in [0.5, 0.6) is 0 Å². The lowest BCUT2D eigenvalue weighted by Crippen LogP contribution is -2.47. The van der Waals surface area contributed by atoms with Gasteiger partial charge in [0.15, 0.2) is 0 Å². The lowest BCUT2D eigenvalue weighted by atomic mass is 10.1. The molecule has 1 saturated heterocycles. The number of amides is 1. The Morgan fingerprint density at radius 2 is 1.76 bits per heavy atom. The number of aryl methyl sites for hydroxylation is 2. The fraction of sp³-hybridized carbons (Fsp3) is 0.318. The summed E-state index contributed by atoms with van der Waals surface area (Å²) in [5.74, 6) is 0.811. The number of piperazine rings is 1. The fourth-order valence-corrected chi connectivity index (χ4v) is 3.79. The third-order valence-corrected chi connectivity index (χ3v) is 5.40. The number of hydrogen-bond donors (Lipinski definition) is 1. The summed E-state index contributed by atoms with van der Waals surface area (Å²) in [7, 11) is 1.76. The number of nitrogens with zero attached hydrogens (tertiary/aromatic N) is 5. The van der Waals surface area contributed by atoms with Gasteiger partial charge >= 0.3 is 0 Å². The minimum absolute atomic E-state index is 0.135. The summed E-state index contributed by atoms with van der Waals surface area (Å²) < 4.78 is 1.57. The molecule has 4 rings (SSSR count). The molecule has 1 fully saturated rings. The van der Waals surface area contributed by atoms with Gasteiger partial charge in [-0.15, -0.1) is 0 Å².